The first-order chi connectivity index (χ1) is 10.5. The summed E-state index contributed by atoms with van der Waals surface area (Å²) < 4.78 is 13.6. The average molecular weight is 300 g/mol. The van der Waals surface area contributed by atoms with Gasteiger partial charge < -0.3 is 10.6 Å². The minimum Gasteiger partial charge on any atom is -0.343 e. The molecule has 2 aromatic rings. The van der Waals surface area contributed by atoms with E-state index in [0.29, 0.717) is 5.56 Å². The van der Waals surface area contributed by atoms with Crippen molar-refractivity contribution in [2.75, 3.05) is 11.9 Å². The van der Waals surface area contributed by atoms with Gasteiger partial charge in [0, 0.05) is 5.56 Å². The Kier molecular flexibility index (Phi) is 4.88. The molecule has 0 radical (unpaired) electrons. The summed E-state index contributed by atoms with van der Waals surface area (Å²) in [6, 6.07) is 11.6. The summed E-state index contributed by atoms with van der Waals surface area (Å²) >= 11 is 0. The molecule has 0 aliphatic rings. The highest BCUT2D eigenvalue weighted by atomic mass is 19.1. The van der Waals surface area contributed by atoms with Gasteiger partial charge in [-0.25, -0.2) is 4.39 Å². The van der Waals surface area contributed by atoms with Crippen molar-refractivity contribution in [3.05, 3.63) is 65.0 Å². The number of hydrogen-bond acceptors (Lipinski definition) is 2. The van der Waals surface area contributed by atoms with E-state index in [1.807, 2.05) is 19.1 Å². The van der Waals surface area contributed by atoms with Crippen LogP contribution in [0.15, 0.2) is 42.5 Å². The Bertz CT molecular complexity index is 714. The Morgan fingerprint density at radius 1 is 1.09 bits per heavy atom. The number of halogens is 1. The molecule has 0 heterocycles. The molecule has 0 saturated heterocycles. The van der Waals surface area contributed by atoms with Crippen LogP contribution in [0.25, 0.3) is 0 Å². The van der Waals surface area contributed by atoms with Crippen LogP contribution in [0.1, 0.15) is 21.5 Å². The zero-order chi connectivity index (χ0) is 16.1. The van der Waals surface area contributed by atoms with E-state index in [2.05, 4.69) is 10.6 Å². The Labute approximate surface area is 128 Å². The Hall–Kier alpha value is -2.69. The second-order valence-corrected chi connectivity index (χ2v) is 5.03. The SMILES string of the molecule is Cc1ccc(NC(=O)CNC(=O)c2ccccc2C)c(F)c1. The van der Waals surface area contributed by atoms with Gasteiger partial charge in [-0.2, -0.15) is 0 Å². The first-order valence-corrected chi connectivity index (χ1v) is 6.87. The monoisotopic (exact) mass is 300 g/mol. The molecule has 0 bridgehead atoms. The third kappa shape index (κ3) is 3.91. The van der Waals surface area contributed by atoms with Gasteiger partial charge in [0.2, 0.25) is 5.91 Å². The Morgan fingerprint density at radius 3 is 2.50 bits per heavy atom. The van der Waals surface area contributed by atoms with Crippen LogP contribution in [-0.2, 0) is 4.79 Å². The largest absolute Gasteiger partial charge is 0.343 e. The lowest BCUT2D eigenvalue weighted by molar-refractivity contribution is -0.115. The Balaban J connectivity index is 1.93. The second kappa shape index (κ2) is 6.85. The van der Waals surface area contributed by atoms with E-state index in [0.717, 1.165) is 11.1 Å². The average Bonchev–Trinajstić information content (AvgIpc) is 2.48. The molecule has 114 valence electrons. The maximum atomic E-state index is 13.6. The van der Waals surface area contributed by atoms with Gasteiger partial charge in [-0.05, 0) is 43.2 Å². The number of nitrogens with one attached hydrogen (secondary N) is 2. The molecule has 4 nitrogen and oxygen atoms in total. The molecule has 5 heteroatoms. The molecule has 0 saturated carbocycles. The number of benzene rings is 2. The van der Waals surface area contributed by atoms with Gasteiger partial charge in [0.25, 0.3) is 5.91 Å². The molecule has 0 fully saturated rings. The first-order valence-electron chi connectivity index (χ1n) is 6.87. The molecule has 22 heavy (non-hydrogen) atoms. The van der Waals surface area contributed by atoms with Crippen LogP contribution in [0.4, 0.5) is 10.1 Å². The molecule has 0 aliphatic carbocycles. The molecule has 0 aliphatic heterocycles. The van der Waals surface area contributed by atoms with E-state index in [1.54, 1.807) is 25.1 Å². The molecule has 0 aromatic heterocycles. The fourth-order valence-corrected chi connectivity index (χ4v) is 2.00. The van der Waals surface area contributed by atoms with Crippen molar-refractivity contribution >= 4 is 17.5 Å². The van der Waals surface area contributed by atoms with Gasteiger partial charge >= 0.3 is 0 Å². The smallest absolute Gasteiger partial charge is 0.251 e. The number of rotatable bonds is 4. The van der Waals surface area contributed by atoms with Gasteiger partial charge in [-0.15, -0.1) is 0 Å². The van der Waals surface area contributed by atoms with Gasteiger partial charge in [0.15, 0.2) is 0 Å². The molecule has 0 atom stereocenters. The summed E-state index contributed by atoms with van der Waals surface area (Å²) in [6.07, 6.45) is 0. The summed E-state index contributed by atoms with van der Waals surface area (Å²) in [5, 5.41) is 4.95. The third-order valence-electron chi connectivity index (χ3n) is 3.20. The molecular formula is C17H17FN2O2. The first kappa shape index (κ1) is 15.7. The van der Waals surface area contributed by atoms with Crippen molar-refractivity contribution in [2.45, 2.75) is 13.8 Å². The van der Waals surface area contributed by atoms with Crippen LogP contribution in [0, 0.1) is 19.7 Å². The van der Waals surface area contributed by atoms with Crippen LogP contribution < -0.4 is 10.6 Å². The maximum Gasteiger partial charge on any atom is 0.251 e. The number of amides is 2. The molecule has 2 aromatic carbocycles. The fraction of sp³-hybridized carbons (Fsp3) is 0.176. The maximum absolute atomic E-state index is 13.6. The molecule has 2 rings (SSSR count). The number of carbonyl (C=O) groups is 2. The summed E-state index contributed by atoms with van der Waals surface area (Å²) in [4.78, 5) is 23.7. The lowest BCUT2D eigenvalue weighted by Gasteiger charge is -2.09. The fourth-order valence-electron chi connectivity index (χ4n) is 2.00. The summed E-state index contributed by atoms with van der Waals surface area (Å²) in [6.45, 7) is 3.36. The summed E-state index contributed by atoms with van der Waals surface area (Å²) in [5.41, 5.74) is 2.20. The van der Waals surface area contributed by atoms with Crippen LogP contribution in [-0.4, -0.2) is 18.4 Å². The molecule has 0 unspecified atom stereocenters. The standard InChI is InChI=1S/C17H17FN2O2/c1-11-7-8-15(14(18)9-11)20-16(21)10-19-17(22)13-6-4-3-5-12(13)2/h3-9H,10H2,1-2H3,(H,19,22)(H,20,21). The zero-order valence-electron chi connectivity index (χ0n) is 12.4. The topological polar surface area (TPSA) is 58.2 Å². The van der Waals surface area contributed by atoms with Gasteiger partial charge in [-0.1, -0.05) is 24.3 Å². The van der Waals surface area contributed by atoms with Crippen LogP contribution in [0.2, 0.25) is 0 Å². The van der Waals surface area contributed by atoms with Crippen molar-refractivity contribution < 1.29 is 14.0 Å². The number of carbonyl (C=O) groups excluding carboxylic acids is 2. The van der Waals surface area contributed by atoms with Crippen molar-refractivity contribution in [1.29, 1.82) is 0 Å². The van der Waals surface area contributed by atoms with Gasteiger partial charge in [0.05, 0.1) is 12.2 Å². The van der Waals surface area contributed by atoms with Crippen molar-refractivity contribution in [3.63, 3.8) is 0 Å². The molecular weight excluding hydrogens is 283 g/mol. The highest BCUT2D eigenvalue weighted by Gasteiger charge is 2.11. The number of anilines is 1. The lowest BCUT2D eigenvalue weighted by atomic mass is 10.1. The van der Waals surface area contributed by atoms with E-state index in [1.165, 1.54) is 12.1 Å². The van der Waals surface area contributed by atoms with Crippen LogP contribution in [0.5, 0.6) is 0 Å². The van der Waals surface area contributed by atoms with Crippen LogP contribution in [0.3, 0.4) is 0 Å². The number of hydrogen-bond donors (Lipinski definition) is 2. The minimum absolute atomic E-state index is 0.0979. The highest BCUT2D eigenvalue weighted by Crippen LogP contribution is 2.14. The van der Waals surface area contributed by atoms with Gasteiger partial charge in [0.1, 0.15) is 5.82 Å². The normalized spacial score (nSPS) is 10.1. The quantitative estimate of drug-likeness (QED) is 0.912. The zero-order valence-corrected chi connectivity index (χ0v) is 12.4. The van der Waals surface area contributed by atoms with Crippen molar-refractivity contribution in [1.82, 2.24) is 5.32 Å². The Morgan fingerprint density at radius 2 is 1.82 bits per heavy atom. The van der Waals surface area contributed by atoms with E-state index in [9.17, 15) is 14.0 Å². The van der Waals surface area contributed by atoms with E-state index >= 15 is 0 Å². The van der Waals surface area contributed by atoms with E-state index in [-0.39, 0.29) is 18.1 Å². The molecule has 2 N–H and O–H groups in total. The van der Waals surface area contributed by atoms with E-state index in [4.69, 9.17) is 0 Å². The molecule has 2 amide bonds. The third-order valence-corrected chi connectivity index (χ3v) is 3.20. The van der Waals surface area contributed by atoms with Crippen molar-refractivity contribution in [3.8, 4) is 0 Å². The predicted octanol–water partition coefficient (Wildman–Crippen LogP) is 2.81. The van der Waals surface area contributed by atoms with Crippen molar-refractivity contribution in [2.24, 2.45) is 0 Å². The minimum atomic E-state index is -0.501. The summed E-state index contributed by atoms with van der Waals surface area (Å²) in [5.74, 6) is -1.32. The summed E-state index contributed by atoms with van der Waals surface area (Å²) in [7, 11) is 0. The van der Waals surface area contributed by atoms with Crippen LogP contribution >= 0.6 is 0 Å². The molecule has 0 spiro atoms. The van der Waals surface area contributed by atoms with E-state index < -0.39 is 11.7 Å². The number of aryl methyl sites for hydroxylation is 2. The predicted molar refractivity (Wildman–Crippen MR) is 83.3 cm³/mol. The lowest BCUT2D eigenvalue weighted by Crippen LogP contribution is -2.33. The highest BCUT2D eigenvalue weighted by molar-refractivity contribution is 6.00. The van der Waals surface area contributed by atoms with Gasteiger partial charge in [-0.3, -0.25) is 9.59 Å². The second-order valence-electron chi connectivity index (χ2n) is 5.03.